The summed E-state index contributed by atoms with van der Waals surface area (Å²) >= 11 is 0. The quantitative estimate of drug-likeness (QED) is 0.751. The first-order valence-electron chi connectivity index (χ1n) is 4.63. The van der Waals surface area contributed by atoms with Gasteiger partial charge in [-0.2, -0.15) is 0 Å². The molecule has 1 aromatic rings. The van der Waals surface area contributed by atoms with Crippen LogP contribution in [0.2, 0.25) is 0 Å². The van der Waals surface area contributed by atoms with Crippen molar-refractivity contribution in [1.82, 2.24) is 10.3 Å². The fourth-order valence-corrected chi connectivity index (χ4v) is 1.00. The topological polar surface area (TPSA) is 62.0 Å². The maximum Gasteiger partial charge on any atom is 0.260 e. The van der Waals surface area contributed by atoms with E-state index in [1.54, 1.807) is 6.07 Å². The molecule has 0 saturated carbocycles. The van der Waals surface area contributed by atoms with Crippen molar-refractivity contribution in [1.29, 1.82) is 0 Å². The van der Waals surface area contributed by atoms with Crippen LogP contribution in [0, 0.1) is 0 Å². The summed E-state index contributed by atoms with van der Waals surface area (Å²) in [5.74, 6) is -0.318. The van der Waals surface area contributed by atoms with E-state index in [0.717, 1.165) is 6.42 Å². The van der Waals surface area contributed by atoms with Crippen molar-refractivity contribution in [3.63, 3.8) is 0 Å². The largest absolute Gasteiger partial charge is 0.349 e. The van der Waals surface area contributed by atoms with Crippen molar-refractivity contribution in [2.75, 3.05) is 0 Å². The summed E-state index contributed by atoms with van der Waals surface area (Å²) in [4.78, 5) is 25.2. The van der Waals surface area contributed by atoms with Crippen LogP contribution in [0.3, 0.4) is 0 Å². The molecule has 0 bridgehead atoms. The van der Waals surface area contributed by atoms with E-state index in [-0.39, 0.29) is 23.1 Å². The van der Waals surface area contributed by atoms with Crippen molar-refractivity contribution >= 4 is 5.91 Å². The lowest BCUT2D eigenvalue weighted by atomic mass is 10.2. The Hall–Kier alpha value is -1.58. The maximum absolute atomic E-state index is 11.5. The molecule has 0 aromatic carbocycles. The number of hydrogen-bond donors (Lipinski definition) is 2. The molecule has 0 aliphatic rings. The van der Waals surface area contributed by atoms with Gasteiger partial charge in [0.1, 0.15) is 5.56 Å². The summed E-state index contributed by atoms with van der Waals surface area (Å²) in [6.07, 6.45) is 2.35. The summed E-state index contributed by atoms with van der Waals surface area (Å²) in [6.45, 7) is 3.87. The number of pyridine rings is 1. The molecule has 0 saturated heterocycles. The maximum atomic E-state index is 11.5. The first kappa shape index (κ1) is 10.5. The molecule has 0 aliphatic carbocycles. The van der Waals surface area contributed by atoms with Crippen LogP contribution in [-0.2, 0) is 0 Å². The van der Waals surface area contributed by atoms with E-state index in [2.05, 4.69) is 10.3 Å². The summed E-state index contributed by atoms with van der Waals surface area (Å²) in [5, 5.41) is 2.73. The molecule has 4 nitrogen and oxygen atoms in total. The minimum absolute atomic E-state index is 0.0853. The molecular weight excluding hydrogens is 180 g/mol. The fourth-order valence-electron chi connectivity index (χ4n) is 1.00. The smallest absolute Gasteiger partial charge is 0.260 e. The van der Waals surface area contributed by atoms with Crippen molar-refractivity contribution in [3.8, 4) is 0 Å². The minimum Gasteiger partial charge on any atom is -0.349 e. The average Bonchev–Trinajstić information content (AvgIpc) is 2.18. The zero-order valence-corrected chi connectivity index (χ0v) is 8.33. The second kappa shape index (κ2) is 4.60. The Morgan fingerprint density at radius 1 is 1.64 bits per heavy atom. The molecule has 1 rings (SSSR count). The highest BCUT2D eigenvalue weighted by atomic mass is 16.2. The molecule has 76 valence electrons. The van der Waals surface area contributed by atoms with E-state index in [9.17, 15) is 9.59 Å². The molecule has 1 unspecified atom stereocenters. The first-order chi connectivity index (χ1) is 6.65. The molecular formula is C10H14N2O2. The van der Waals surface area contributed by atoms with Gasteiger partial charge >= 0.3 is 0 Å². The lowest BCUT2D eigenvalue weighted by Gasteiger charge is -2.10. The molecule has 0 spiro atoms. The molecule has 1 atom stereocenters. The van der Waals surface area contributed by atoms with Gasteiger partial charge in [0.2, 0.25) is 0 Å². The Balaban J connectivity index is 2.80. The Morgan fingerprint density at radius 3 is 2.93 bits per heavy atom. The third kappa shape index (κ3) is 2.45. The Kier molecular flexibility index (Phi) is 3.45. The van der Waals surface area contributed by atoms with Gasteiger partial charge in [0.15, 0.2) is 0 Å². The normalized spacial score (nSPS) is 12.1. The van der Waals surface area contributed by atoms with E-state index in [4.69, 9.17) is 0 Å². The highest BCUT2D eigenvalue weighted by Gasteiger charge is 2.10. The molecule has 1 amide bonds. The fraction of sp³-hybridized carbons (Fsp3) is 0.400. The molecule has 0 radical (unpaired) electrons. The number of aromatic amines is 1. The van der Waals surface area contributed by atoms with Gasteiger partial charge in [-0.3, -0.25) is 9.59 Å². The van der Waals surface area contributed by atoms with Gasteiger partial charge in [-0.25, -0.2) is 0 Å². The molecule has 4 heteroatoms. The highest BCUT2D eigenvalue weighted by Crippen LogP contribution is 1.93. The summed E-state index contributed by atoms with van der Waals surface area (Å²) in [5.41, 5.74) is -0.193. The minimum atomic E-state index is -0.353. The number of aromatic nitrogens is 1. The van der Waals surface area contributed by atoms with Crippen LogP contribution in [0.25, 0.3) is 0 Å². The van der Waals surface area contributed by atoms with Crippen LogP contribution in [0.1, 0.15) is 30.6 Å². The summed E-state index contributed by atoms with van der Waals surface area (Å²) < 4.78 is 0. The van der Waals surface area contributed by atoms with Gasteiger partial charge in [0.05, 0.1) is 0 Å². The third-order valence-corrected chi connectivity index (χ3v) is 2.05. The van der Waals surface area contributed by atoms with Crippen LogP contribution in [0.15, 0.2) is 23.1 Å². The van der Waals surface area contributed by atoms with E-state index < -0.39 is 0 Å². The van der Waals surface area contributed by atoms with E-state index in [1.807, 2.05) is 13.8 Å². The summed E-state index contributed by atoms with van der Waals surface area (Å²) in [7, 11) is 0. The predicted molar refractivity (Wildman–Crippen MR) is 54.3 cm³/mol. The number of nitrogens with one attached hydrogen (secondary N) is 2. The van der Waals surface area contributed by atoms with Crippen molar-refractivity contribution in [2.24, 2.45) is 0 Å². The lowest BCUT2D eigenvalue weighted by molar-refractivity contribution is 0.0937. The third-order valence-electron chi connectivity index (χ3n) is 2.05. The molecule has 14 heavy (non-hydrogen) atoms. The van der Waals surface area contributed by atoms with Crippen LogP contribution >= 0.6 is 0 Å². The molecule has 0 aliphatic heterocycles. The van der Waals surface area contributed by atoms with Gasteiger partial charge in [-0.05, 0) is 25.5 Å². The van der Waals surface area contributed by atoms with Crippen LogP contribution in [0.5, 0.6) is 0 Å². The van der Waals surface area contributed by atoms with E-state index in [1.165, 1.54) is 12.3 Å². The molecule has 2 N–H and O–H groups in total. The monoisotopic (exact) mass is 194 g/mol. The van der Waals surface area contributed by atoms with Crippen molar-refractivity contribution in [3.05, 3.63) is 34.2 Å². The number of hydrogen-bond acceptors (Lipinski definition) is 2. The number of carbonyl (C=O) groups is 1. The Bertz CT molecular complexity index is 370. The van der Waals surface area contributed by atoms with Crippen LogP contribution in [0.4, 0.5) is 0 Å². The van der Waals surface area contributed by atoms with Gasteiger partial charge in [0, 0.05) is 12.2 Å². The Morgan fingerprint density at radius 2 is 2.36 bits per heavy atom. The number of rotatable bonds is 3. The van der Waals surface area contributed by atoms with Crippen LogP contribution < -0.4 is 10.9 Å². The van der Waals surface area contributed by atoms with E-state index in [0.29, 0.717) is 0 Å². The molecule has 1 heterocycles. The number of amides is 1. The standard InChI is InChI=1S/C10H14N2O2/c1-3-7(2)12-10(14)8-5-4-6-11-9(8)13/h4-7H,3H2,1-2H3,(H,11,13)(H,12,14). The Labute approximate surface area is 82.3 Å². The highest BCUT2D eigenvalue weighted by molar-refractivity contribution is 5.93. The SMILES string of the molecule is CCC(C)NC(=O)c1ccc[nH]c1=O. The zero-order valence-electron chi connectivity index (χ0n) is 8.33. The first-order valence-corrected chi connectivity index (χ1v) is 4.63. The van der Waals surface area contributed by atoms with Crippen molar-refractivity contribution in [2.45, 2.75) is 26.3 Å². The lowest BCUT2D eigenvalue weighted by Crippen LogP contribution is -2.35. The van der Waals surface area contributed by atoms with Gasteiger partial charge < -0.3 is 10.3 Å². The van der Waals surface area contributed by atoms with Crippen molar-refractivity contribution < 1.29 is 4.79 Å². The summed E-state index contributed by atoms with van der Waals surface area (Å²) in [6, 6.07) is 3.23. The van der Waals surface area contributed by atoms with Gasteiger partial charge in [-0.1, -0.05) is 6.92 Å². The number of H-pyrrole nitrogens is 1. The predicted octanol–water partition coefficient (Wildman–Crippen LogP) is 0.903. The second-order valence-corrected chi connectivity index (χ2v) is 3.20. The average molecular weight is 194 g/mol. The van der Waals surface area contributed by atoms with E-state index >= 15 is 0 Å². The zero-order chi connectivity index (χ0) is 10.6. The second-order valence-electron chi connectivity index (χ2n) is 3.20. The molecule has 0 fully saturated rings. The molecule has 1 aromatic heterocycles. The number of carbonyl (C=O) groups excluding carboxylic acids is 1. The van der Waals surface area contributed by atoms with Gasteiger partial charge in [0.25, 0.3) is 11.5 Å². The van der Waals surface area contributed by atoms with Gasteiger partial charge in [-0.15, -0.1) is 0 Å². The van der Waals surface area contributed by atoms with Crippen LogP contribution in [-0.4, -0.2) is 16.9 Å².